The predicted molar refractivity (Wildman–Crippen MR) is 74.2 cm³/mol. The van der Waals surface area contributed by atoms with Crippen LogP contribution in [0.2, 0.25) is 0 Å². The zero-order valence-electron chi connectivity index (χ0n) is 11.1. The Labute approximate surface area is 119 Å². The van der Waals surface area contributed by atoms with E-state index in [4.69, 9.17) is 10.3 Å². The molecule has 3 aromatic rings. The highest BCUT2D eigenvalue weighted by Crippen LogP contribution is 2.36. The van der Waals surface area contributed by atoms with Gasteiger partial charge in [0.1, 0.15) is 17.3 Å². The van der Waals surface area contributed by atoms with E-state index in [2.05, 4.69) is 10.1 Å². The molecule has 0 amide bonds. The van der Waals surface area contributed by atoms with Crippen molar-refractivity contribution in [1.82, 2.24) is 10.1 Å². The second kappa shape index (κ2) is 4.97. The number of pyridine rings is 1. The second-order valence-corrected chi connectivity index (χ2v) is 4.61. The van der Waals surface area contributed by atoms with Crippen LogP contribution >= 0.6 is 0 Å². The number of halogens is 2. The summed E-state index contributed by atoms with van der Waals surface area (Å²) in [6.45, 7) is 1.83. The van der Waals surface area contributed by atoms with Crippen LogP contribution < -0.4 is 5.73 Å². The number of nitrogens with zero attached hydrogens (tertiary/aromatic N) is 2. The van der Waals surface area contributed by atoms with Crippen molar-refractivity contribution in [1.29, 1.82) is 0 Å². The highest BCUT2D eigenvalue weighted by Gasteiger charge is 2.19. The third kappa shape index (κ3) is 2.47. The first kappa shape index (κ1) is 13.2. The number of anilines is 1. The highest BCUT2D eigenvalue weighted by molar-refractivity contribution is 5.86. The molecule has 0 saturated heterocycles. The molecule has 21 heavy (non-hydrogen) atoms. The monoisotopic (exact) mass is 287 g/mol. The van der Waals surface area contributed by atoms with Gasteiger partial charge in [-0.1, -0.05) is 5.16 Å². The van der Waals surface area contributed by atoms with Crippen LogP contribution in [-0.4, -0.2) is 10.1 Å². The molecule has 2 heterocycles. The van der Waals surface area contributed by atoms with Crippen molar-refractivity contribution >= 4 is 5.88 Å². The minimum Gasteiger partial charge on any atom is -0.367 e. The number of nitrogen functional groups attached to an aromatic ring is 1. The van der Waals surface area contributed by atoms with Gasteiger partial charge in [-0.15, -0.1) is 0 Å². The van der Waals surface area contributed by atoms with Gasteiger partial charge in [-0.3, -0.25) is 4.98 Å². The van der Waals surface area contributed by atoms with Crippen LogP contribution in [0.15, 0.2) is 41.1 Å². The zero-order chi connectivity index (χ0) is 15.0. The van der Waals surface area contributed by atoms with Crippen molar-refractivity contribution in [3.63, 3.8) is 0 Å². The fourth-order valence-electron chi connectivity index (χ4n) is 2.17. The normalized spacial score (nSPS) is 10.8. The van der Waals surface area contributed by atoms with Gasteiger partial charge in [0.25, 0.3) is 0 Å². The summed E-state index contributed by atoms with van der Waals surface area (Å²) in [7, 11) is 0. The Morgan fingerprint density at radius 3 is 2.43 bits per heavy atom. The minimum atomic E-state index is -0.692. The second-order valence-electron chi connectivity index (χ2n) is 4.61. The Hall–Kier alpha value is -2.76. The lowest BCUT2D eigenvalue weighted by molar-refractivity contribution is 0.439. The summed E-state index contributed by atoms with van der Waals surface area (Å²) in [6.07, 6.45) is 1.62. The summed E-state index contributed by atoms with van der Waals surface area (Å²) in [5.74, 6) is -1.38. The number of benzene rings is 1. The molecule has 0 aliphatic carbocycles. The molecule has 0 atom stereocenters. The van der Waals surface area contributed by atoms with E-state index in [-0.39, 0.29) is 11.4 Å². The molecule has 4 nitrogen and oxygen atoms in total. The third-order valence-corrected chi connectivity index (χ3v) is 3.04. The van der Waals surface area contributed by atoms with Crippen molar-refractivity contribution in [2.24, 2.45) is 0 Å². The van der Waals surface area contributed by atoms with Crippen molar-refractivity contribution in [3.05, 3.63) is 53.9 Å². The van der Waals surface area contributed by atoms with Crippen molar-refractivity contribution in [2.75, 3.05) is 5.73 Å². The molecule has 0 aliphatic heterocycles. The average molecular weight is 287 g/mol. The first-order valence-corrected chi connectivity index (χ1v) is 6.19. The first-order valence-electron chi connectivity index (χ1n) is 6.19. The molecule has 0 bridgehead atoms. The van der Waals surface area contributed by atoms with Gasteiger partial charge in [0.15, 0.2) is 0 Å². The van der Waals surface area contributed by atoms with E-state index >= 15 is 0 Å². The number of aryl methyl sites for hydroxylation is 1. The maximum atomic E-state index is 13.4. The van der Waals surface area contributed by atoms with Crippen molar-refractivity contribution in [3.8, 4) is 22.4 Å². The zero-order valence-corrected chi connectivity index (χ0v) is 11.1. The summed E-state index contributed by atoms with van der Waals surface area (Å²) in [4.78, 5) is 4.09. The van der Waals surface area contributed by atoms with Gasteiger partial charge >= 0.3 is 0 Å². The van der Waals surface area contributed by atoms with Gasteiger partial charge in [0, 0.05) is 23.5 Å². The average Bonchev–Trinajstić information content (AvgIpc) is 2.79. The minimum absolute atomic E-state index is 0.00413. The van der Waals surface area contributed by atoms with E-state index < -0.39 is 11.6 Å². The lowest BCUT2D eigenvalue weighted by atomic mass is 10.0. The van der Waals surface area contributed by atoms with Crippen LogP contribution in [0.25, 0.3) is 22.4 Å². The number of nitrogens with two attached hydrogens (primary N) is 1. The van der Waals surface area contributed by atoms with E-state index in [0.717, 1.165) is 11.8 Å². The van der Waals surface area contributed by atoms with Crippen LogP contribution in [0.3, 0.4) is 0 Å². The number of hydrogen-bond acceptors (Lipinski definition) is 4. The Kier molecular flexibility index (Phi) is 3.13. The molecule has 0 saturated carbocycles. The lowest BCUT2D eigenvalue weighted by Gasteiger charge is -2.04. The van der Waals surface area contributed by atoms with Gasteiger partial charge in [0.2, 0.25) is 5.88 Å². The molecule has 0 aliphatic rings. The maximum absolute atomic E-state index is 13.4. The summed E-state index contributed by atoms with van der Waals surface area (Å²) in [5, 5.41) is 3.89. The van der Waals surface area contributed by atoms with Gasteiger partial charge in [0.05, 0.1) is 5.56 Å². The van der Waals surface area contributed by atoms with Crippen LogP contribution in [0, 0.1) is 18.6 Å². The molecular formula is C15H11F2N3O. The van der Waals surface area contributed by atoms with E-state index in [0.29, 0.717) is 16.8 Å². The molecule has 0 radical (unpaired) electrons. The standard InChI is InChI=1S/C15H11F2N3O/c1-8-4-9(2-3-19-8)14-13(15(18)21-20-14)10-5-11(16)7-12(17)6-10/h2-7H,18H2,1H3. The Morgan fingerprint density at radius 1 is 1.05 bits per heavy atom. The van der Waals surface area contributed by atoms with Gasteiger partial charge in [-0.2, -0.15) is 0 Å². The molecule has 0 unspecified atom stereocenters. The Bertz CT molecular complexity index is 794. The number of rotatable bonds is 2. The summed E-state index contributed by atoms with van der Waals surface area (Å²) in [5.41, 5.74) is 8.31. The largest absolute Gasteiger partial charge is 0.367 e. The molecule has 0 fully saturated rings. The number of hydrogen-bond donors (Lipinski definition) is 1. The Balaban J connectivity index is 2.22. The van der Waals surface area contributed by atoms with Gasteiger partial charge in [-0.05, 0) is 36.8 Å². The fourth-order valence-corrected chi connectivity index (χ4v) is 2.17. The molecule has 2 aromatic heterocycles. The molecule has 0 spiro atoms. The van der Waals surface area contributed by atoms with Crippen LogP contribution in [-0.2, 0) is 0 Å². The summed E-state index contributed by atoms with van der Waals surface area (Å²) >= 11 is 0. The lowest BCUT2D eigenvalue weighted by Crippen LogP contribution is -1.91. The van der Waals surface area contributed by atoms with Crippen LogP contribution in [0.1, 0.15) is 5.69 Å². The Morgan fingerprint density at radius 2 is 1.76 bits per heavy atom. The SMILES string of the molecule is Cc1cc(-c2noc(N)c2-c2cc(F)cc(F)c2)ccn1. The fraction of sp³-hybridized carbons (Fsp3) is 0.0667. The number of aromatic nitrogens is 2. The van der Waals surface area contributed by atoms with Gasteiger partial charge < -0.3 is 10.3 Å². The van der Waals surface area contributed by atoms with E-state index in [9.17, 15) is 8.78 Å². The van der Waals surface area contributed by atoms with Crippen molar-refractivity contribution in [2.45, 2.75) is 6.92 Å². The quantitative estimate of drug-likeness (QED) is 0.782. The molecule has 106 valence electrons. The predicted octanol–water partition coefficient (Wildman–Crippen LogP) is 3.57. The topological polar surface area (TPSA) is 64.9 Å². The van der Waals surface area contributed by atoms with E-state index in [1.54, 1.807) is 18.3 Å². The third-order valence-electron chi connectivity index (χ3n) is 3.04. The maximum Gasteiger partial charge on any atom is 0.230 e. The molecule has 3 rings (SSSR count). The first-order chi connectivity index (χ1) is 10.0. The summed E-state index contributed by atoms with van der Waals surface area (Å²) in [6, 6.07) is 6.68. The van der Waals surface area contributed by atoms with Crippen molar-refractivity contribution < 1.29 is 13.3 Å². The molecule has 1 aromatic carbocycles. The van der Waals surface area contributed by atoms with Crippen LogP contribution in [0.5, 0.6) is 0 Å². The molecule has 6 heteroatoms. The van der Waals surface area contributed by atoms with Crippen LogP contribution in [0.4, 0.5) is 14.7 Å². The van der Waals surface area contributed by atoms with E-state index in [1.165, 1.54) is 12.1 Å². The molecular weight excluding hydrogens is 276 g/mol. The van der Waals surface area contributed by atoms with Gasteiger partial charge in [-0.25, -0.2) is 8.78 Å². The summed E-state index contributed by atoms with van der Waals surface area (Å²) < 4.78 is 31.8. The molecule has 2 N–H and O–H groups in total. The highest BCUT2D eigenvalue weighted by atomic mass is 19.1. The van der Waals surface area contributed by atoms with E-state index in [1.807, 2.05) is 6.92 Å². The smallest absolute Gasteiger partial charge is 0.230 e.